The van der Waals surface area contributed by atoms with Gasteiger partial charge in [-0.05, 0) is 0 Å². The van der Waals surface area contributed by atoms with Gasteiger partial charge in [0, 0.05) is 7.11 Å². The molecule has 7 heterocycles. The summed E-state index contributed by atoms with van der Waals surface area (Å²) in [5, 5.41) is 22.4. The van der Waals surface area contributed by atoms with Crippen LogP contribution in [0.2, 0.25) is 0 Å². The molecular weight excluding hydrogens is 662 g/mol. The highest BCUT2D eigenvalue weighted by atomic mass is 31.2. The van der Waals surface area contributed by atoms with E-state index in [1.165, 1.54) is 21.8 Å². The molecule has 3 aliphatic heterocycles. The van der Waals surface area contributed by atoms with Gasteiger partial charge in [0.15, 0.2) is 35.1 Å². The maximum absolute atomic E-state index is 13.8. The number of aromatic nitrogens is 8. The number of anilines is 2. The number of nitrogens with zero attached hydrogens (tertiary/aromatic N) is 7. The minimum Gasteiger partial charge on any atom is -0.387 e. The fourth-order valence-electron chi connectivity index (χ4n) is 5.38. The van der Waals surface area contributed by atoms with Crippen LogP contribution in [0.1, 0.15) is 12.5 Å². The summed E-state index contributed by atoms with van der Waals surface area (Å²) in [5.41, 5.74) is 11.0. The number of aromatic amines is 1. The lowest BCUT2D eigenvalue weighted by Gasteiger charge is -2.27. The van der Waals surface area contributed by atoms with E-state index in [0.29, 0.717) is 0 Å². The number of hydrogen-bond acceptors (Lipinski definition) is 19. The predicted molar refractivity (Wildman–Crippen MR) is 148 cm³/mol. The zero-order valence-electron chi connectivity index (χ0n) is 23.4. The third-order valence-corrected chi connectivity index (χ3v) is 9.94. The molecule has 46 heavy (non-hydrogen) atoms. The van der Waals surface area contributed by atoms with Crippen LogP contribution in [-0.2, 0) is 41.2 Å². The van der Waals surface area contributed by atoms with Crippen molar-refractivity contribution >= 4 is 49.7 Å². The Hall–Kier alpha value is -3.44. The molecule has 0 radical (unpaired) electrons. The summed E-state index contributed by atoms with van der Waals surface area (Å²) >= 11 is 0. The highest BCUT2D eigenvalue weighted by Crippen LogP contribution is 2.56. The first-order chi connectivity index (χ1) is 21.9. The number of fused-ring (bicyclic) bond motifs is 5. The Morgan fingerprint density at radius 1 is 0.913 bits per heavy atom. The lowest BCUT2D eigenvalue weighted by molar-refractivity contribution is -0.0683. The normalized spacial score (nSPS) is 37.1. The quantitative estimate of drug-likeness (QED) is 0.131. The zero-order chi connectivity index (χ0) is 32.5. The van der Waals surface area contributed by atoms with Crippen molar-refractivity contribution < 1.29 is 56.3 Å². The Morgan fingerprint density at radius 2 is 1.61 bits per heavy atom. The van der Waals surface area contributed by atoms with Gasteiger partial charge in [-0.15, -0.1) is 0 Å². The maximum atomic E-state index is 13.8. The number of phosphoric acid groups is 2. The number of nitrogens with two attached hydrogens (primary N) is 2. The SMILES string of the molecule is COP1(=O)OC[C@H]2O[C@@H](n3cnc4c(N)ncnc43)C(O)[C@H]2OP(=O)(O)OC[C@H]2O[C@@H](n3cnc4c(=O)[nH]c(N)nc43)[C@@H](O1)C2O. The molecule has 0 aromatic carbocycles. The van der Waals surface area contributed by atoms with E-state index in [9.17, 15) is 29.0 Å². The van der Waals surface area contributed by atoms with Crippen LogP contribution in [-0.4, -0.2) is 111 Å². The van der Waals surface area contributed by atoms with Gasteiger partial charge in [-0.25, -0.2) is 29.1 Å². The maximum Gasteiger partial charge on any atom is 0.475 e. The van der Waals surface area contributed by atoms with E-state index in [-0.39, 0.29) is 34.1 Å². The number of ether oxygens (including phenoxy) is 2. The molecule has 4 aromatic rings. The Balaban J connectivity index is 1.22. The summed E-state index contributed by atoms with van der Waals surface area (Å²) in [6.45, 7) is -1.47. The van der Waals surface area contributed by atoms with Gasteiger partial charge in [-0.2, -0.15) is 4.98 Å². The molecular formula is C21H26N10O13P2. The molecule has 0 spiro atoms. The zero-order valence-corrected chi connectivity index (χ0v) is 25.2. The van der Waals surface area contributed by atoms with Crippen molar-refractivity contribution in [1.29, 1.82) is 0 Å². The number of hydrogen-bond donors (Lipinski definition) is 6. The van der Waals surface area contributed by atoms with Crippen LogP contribution in [0.15, 0.2) is 23.8 Å². The highest BCUT2D eigenvalue weighted by Gasteiger charge is 2.54. The number of aliphatic hydroxyl groups excluding tert-OH is 2. The summed E-state index contributed by atoms with van der Waals surface area (Å²) in [7, 11) is -8.65. The molecule has 4 aromatic heterocycles. The van der Waals surface area contributed by atoms with Gasteiger partial charge in [0.25, 0.3) is 5.56 Å². The second kappa shape index (κ2) is 11.4. The molecule has 3 aliphatic rings. The first-order valence-corrected chi connectivity index (χ1v) is 16.3. The number of imidazole rings is 2. The molecule has 25 heteroatoms. The minimum atomic E-state index is -5.04. The lowest BCUT2D eigenvalue weighted by Crippen LogP contribution is -2.36. The smallest absolute Gasteiger partial charge is 0.387 e. The monoisotopic (exact) mass is 688 g/mol. The number of H-pyrrole nitrogens is 1. The number of phosphoric ester groups is 2. The Morgan fingerprint density at radius 3 is 2.37 bits per heavy atom. The average molecular weight is 688 g/mol. The molecule has 248 valence electrons. The second-order valence-corrected chi connectivity index (χ2v) is 13.4. The fourth-order valence-corrected chi connectivity index (χ4v) is 7.46. The van der Waals surface area contributed by atoms with Crippen molar-refractivity contribution in [2.45, 2.75) is 49.1 Å². The summed E-state index contributed by atoms with van der Waals surface area (Å²) in [6.07, 6.45) is -8.54. The number of rotatable bonds is 3. The Kier molecular flexibility index (Phi) is 7.70. The van der Waals surface area contributed by atoms with Crippen molar-refractivity contribution in [2.24, 2.45) is 0 Å². The van der Waals surface area contributed by atoms with Gasteiger partial charge in [-0.3, -0.25) is 41.5 Å². The van der Waals surface area contributed by atoms with Crippen LogP contribution < -0.4 is 17.0 Å². The van der Waals surface area contributed by atoms with Crippen LogP contribution in [0.5, 0.6) is 0 Å². The third-order valence-electron chi connectivity index (χ3n) is 7.54. The molecule has 4 unspecified atom stereocenters. The van der Waals surface area contributed by atoms with Crippen molar-refractivity contribution in [3.63, 3.8) is 0 Å². The predicted octanol–water partition coefficient (Wildman–Crippen LogP) is -1.69. The fraction of sp³-hybridized carbons (Fsp3) is 0.524. The van der Waals surface area contributed by atoms with E-state index < -0.39 is 83.5 Å². The topological polar surface area (TPSA) is 319 Å². The molecule has 7 rings (SSSR count). The molecule has 10 atom stereocenters. The van der Waals surface area contributed by atoms with E-state index in [4.69, 9.17) is 43.6 Å². The third kappa shape index (κ3) is 5.29. The first kappa shape index (κ1) is 31.2. The molecule has 23 nitrogen and oxygen atoms in total. The molecule has 0 aliphatic carbocycles. The van der Waals surface area contributed by atoms with E-state index in [2.05, 4.69) is 29.9 Å². The van der Waals surface area contributed by atoms with Crippen molar-refractivity contribution in [1.82, 2.24) is 39.0 Å². The van der Waals surface area contributed by atoms with E-state index >= 15 is 0 Å². The average Bonchev–Trinajstić information content (AvgIpc) is 3.77. The van der Waals surface area contributed by atoms with Crippen LogP contribution in [0, 0.1) is 0 Å². The molecule has 3 fully saturated rings. The minimum absolute atomic E-state index is 0.0527. The Bertz CT molecular complexity index is 1950. The van der Waals surface area contributed by atoms with E-state index in [1.807, 2.05) is 0 Å². The van der Waals surface area contributed by atoms with Gasteiger partial charge in [-0.1, -0.05) is 0 Å². The van der Waals surface area contributed by atoms with E-state index in [0.717, 1.165) is 13.4 Å². The highest BCUT2D eigenvalue weighted by molar-refractivity contribution is 7.48. The summed E-state index contributed by atoms with van der Waals surface area (Å²) < 4.78 is 68.0. The Labute approximate surface area is 255 Å². The summed E-state index contributed by atoms with van der Waals surface area (Å²) in [6, 6.07) is 0. The molecule has 3 saturated heterocycles. The number of nitrogen functional groups attached to an aromatic ring is 2. The van der Waals surface area contributed by atoms with Crippen LogP contribution >= 0.6 is 15.6 Å². The van der Waals surface area contributed by atoms with Crippen LogP contribution in [0.25, 0.3) is 22.3 Å². The van der Waals surface area contributed by atoms with Gasteiger partial charge in [0.2, 0.25) is 5.95 Å². The van der Waals surface area contributed by atoms with Gasteiger partial charge in [0.05, 0.1) is 25.9 Å². The summed E-state index contributed by atoms with van der Waals surface area (Å²) in [4.78, 5) is 45.5. The van der Waals surface area contributed by atoms with Crippen LogP contribution in [0.4, 0.5) is 11.8 Å². The van der Waals surface area contributed by atoms with Crippen molar-refractivity contribution in [2.75, 3.05) is 31.8 Å². The van der Waals surface area contributed by atoms with Gasteiger partial charge in [0.1, 0.15) is 48.5 Å². The molecule has 8 N–H and O–H groups in total. The lowest BCUT2D eigenvalue weighted by atomic mass is 10.1. The first-order valence-electron chi connectivity index (χ1n) is 13.3. The van der Waals surface area contributed by atoms with Crippen LogP contribution in [0.3, 0.4) is 0 Å². The standard InChI is InChI=1S/C21H26N10O13P2/c1-38-46(37)40-3-8-13(12(33)19(42-8)30-5-26-9-15(22)24-4-25-16(9)30)43-45(35,36)39-2-7-11(32)14(44-46)20(41-7)31-6-27-10-17(31)28-21(23)29-18(10)34/h4-8,11-14,19-20,32-33H,2-3H2,1H3,(H,35,36)(H2,22,24,25)(H3,23,28,29,34)/t7-,8-,11?,12?,13+,14+,19-,20-,46?/m1/s1. The largest absolute Gasteiger partial charge is 0.475 e. The number of aliphatic hydroxyl groups is 2. The van der Waals surface area contributed by atoms with Crippen molar-refractivity contribution in [3.8, 4) is 0 Å². The second-order valence-electron chi connectivity index (χ2n) is 10.3. The van der Waals surface area contributed by atoms with Crippen molar-refractivity contribution in [3.05, 3.63) is 29.3 Å². The number of nitrogens with one attached hydrogen (secondary N) is 1. The van der Waals surface area contributed by atoms with E-state index in [1.54, 1.807) is 0 Å². The van der Waals surface area contributed by atoms with Gasteiger partial charge < -0.3 is 36.0 Å². The molecule has 0 saturated carbocycles. The summed E-state index contributed by atoms with van der Waals surface area (Å²) in [5.74, 6) is -0.204. The van der Waals surface area contributed by atoms with Gasteiger partial charge >= 0.3 is 15.6 Å². The molecule has 2 bridgehead atoms. The molecule has 0 amide bonds.